The van der Waals surface area contributed by atoms with E-state index in [4.69, 9.17) is 4.42 Å². The van der Waals surface area contributed by atoms with Crippen LogP contribution in [0, 0.1) is 0 Å². The minimum Gasteiger partial charge on any atom is -0.467 e. The fourth-order valence-electron chi connectivity index (χ4n) is 1.74. The molecule has 1 aromatic heterocycles. The molecule has 2 aromatic rings. The minimum atomic E-state index is -4.55. The molecule has 0 fully saturated rings. The Balaban J connectivity index is 1.92. The van der Waals surface area contributed by atoms with Crippen LogP contribution in [0.4, 0.5) is 13.2 Å². The minimum absolute atomic E-state index is 0.000124. The van der Waals surface area contributed by atoms with Gasteiger partial charge in [0.15, 0.2) is 0 Å². The Bertz CT molecular complexity index is 740. The van der Waals surface area contributed by atoms with Crippen molar-refractivity contribution in [2.45, 2.75) is 12.7 Å². The van der Waals surface area contributed by atoms with Gasteiger partial charge >= 0.3 is 18.0 Å². The van der Waals surface area contributed by atoms with Gasteiger partial charge in [-0.25, -0.2) is 5.43 Å². The third-order valence-electron chi connectivity index (χ3n) is 2.85. The molecule has 6 nitrogen and oxygen atoms in total. The van der Waals surface area contributed by atoms with E-state index < -0.39 is 23.6 Å². The molecule has 0 aliphatic carbocycles. The van der Waals surface area contributed by atoms with Gasteiger partial charge in [0.2, 0.25) is 0 Å². The molecule has 0 aliphatic heterocycles. The largest absolute Gasteiger partial charge is 0.467 e. The van der Waals surface area contributed by atoms with Crippen molar-refractivity contribution in [3.63, 3.8) is 0 Å². The van der Waals surface area contributed by atoms with Gasteiger partial charge < -0.3 is 9.73 Å². The topological polar surface area (TPSA) is 83.7 Å². The van der Waals surface area contributed by atoms with Crippen molar-refractivity contribution in [1.82, 2.24) is 10.7 Å². The third-order valence-corrected chi connectivity index (χ3v) is 2.85. The molecule has 0 saturated carbocycles. The average Bonchev–Trinajstić information content (AvgIpc) is 3.05. The van der Waals surface area contributed by atoms with Gasteiger partial charge in [-0.2, -0.15) is 18.3 Å². The first-order valence-corrected chi connectivity index (χ1v) is 6.68. The quantitative estimate of drug-likeness (QED) is 0.508. The smallest absolute Gasteiger partial charge is 0.417 e. The number of amides is 2. The number of halogens is 3. The summed E-state index contributed by atoms with van der Waals surface area (Å²) in [5.74, 6) is -1.66. The highest BCUT2D eigenvalue weighted by molar-refractivity contribution is 6.35. The highest BCUT2D eigenvalue weighted by Crippen LogP contribution is 2.30. The monoisotopic (exact) mass is 339 g/mol. The number of benzene rings is 1. The maximum absolute atomic E-state index is 12.8. The van der Waals surface area contributed by atoms with Gasteiger partial charge in [-0.1, -0.05) is 18.2 Å². The second kappa shape index (κ2) is 7.44. The first-order chi connectivity index (χ1) is 11.4. The zero-order valence-electron chi connectivity index (χ0n) is 12.1. The van der Waals surface area contributed by atoms with Crippen LogP contribution >= 0.6 is 0 Å². The van der Waals surface area contributed by atoms with E-state index in [-0.39, 0.29) is 12.1 Å². The molecular weight excluding hydrogens is 327 g/mol. The van der Waals surface area contributed by atoms with E-state index in [1.165, 1.54) is 24.5 Å². The Morgan fingerprint density at radius 3 is 2.54 bits per heavy atom. The number of nitrogens with zero attached hydrogens (tertiary/aromatic N) is 1. The van der Waals surface area contributed by atoms with Gasteiger partial charge in [-0.3, -0.25) is 9.59 Å². The summed E-state index contributed by atoms with van der Waals surface area (Å²) in [4.78, 5) is 23.0. The number of hydrogen-bond acceptors (Lipinski definition) is 4. The lowest BCUT2D eigenvalue weighted by molar-refractivity contribution is -0.139. The number of furan rings is 1. The Hall–Kier alpha value is -3.10. The molecule has 126 valence electrons. The number of nitrogens with one attached hydrogen (secondary N) is 2. The van der Waals surface area contributed by atoms with Crippen molar-refractivity contribution in [2.75, 3.05) is 0 Å². The number of hydrazone groups is 1. The van der Waals surface area contributed by atoms with Gasteiger partial charge in [0.05, 0.1) is 24.6 Å². The fourth-order valence-corrected chi connectivity index (χ4v) is 1.74. The van der Waals surface area contributed by atoms with Crippen LogP contribution in [0.25, 0.3) is 0 Å². The van der Waals surface area contributed by atoms with E-state index in [2.05, 4.69) is 10.4 Å². The van der Waals surface area contributed by atoms with Crippen molar-refractivity contribution in [1.29, 1.82) is 0 Å². The summed E-state index contributed by atoms with van der Waals surface area (Å²) in [6, 6.07) is 7.93. The van der Waals surface area contributed by atoms with E-state index >= 15 is 0 Å². The number of carbonyl (C=O) groups excluding carboxylic acids is 2. The van der Waals surface area contributed by atoms with Gasteiger partial charge in [-0.15, -0.1) is 0 Å². The van der Waals surface area contributed by atoms with Crippen molar-refractivity contribution >= 4 is 18.0 Å². The summed E-state index contributed by atoms with van der Waals surface area (Å²) in [5, 5.41) is 5.64. The first kappa shape index (κ1) is 17.3. The first-order valence-electron chi connectivity index (χ1n) is 6.68. The van der Waals surface area contributed by atoms with Gasteiger partial charge in [0.1, 0.15) is 5.76 Å². The number of carbonyl (C=O) groups is 2. The number of rotatable bonds is 4. The molecule has 0 saturated heterocycles. The SMILES string of the molecule is O=C(NCc1ccco1)C(=O)N/N=C/c1ccccc1C(F)(F)F. The highest BCUT2D eigenvalue weighted by atomic mass is 19.4. The van der Waals surface area contributed by atoms with Crippen molar-refractivity contribution in [3.8, 4) is 0 Å². The summed E-state index contributed by atoms with van der Waals surface area (Å²) in [6.45, 7) is -0.000124. The molecule has 0 atom stereocenters. The van der Waals surface area contributed by atoms with Crippen molar-refractivity contribution in [2.24, 2.45) is 5.10 Å². The van der Waals surface area contributed by atoms with Crippen molar-refractivity contribution in [3.05, 3.63) is 59.5 Å². The fraction of sp³-hybridized carbons (Fsp3) is 0.133. The zero-order valence-corrected chi connectivity index (χ0v) is 12.1. The molecule has 1 heterocycles. The molecule has 24 heavy (non-hydrogen) atoms. The highest BCUT2D eigenvalue weighted by Gasteiger charge is 2.32. The number of alkyl halides is 3. The van der Waals surface area contributed by atoms with Crippen LogP contribution in [-0.2, 0) is 22.3 Å². The van der Waals surface area contributed by atoms with Crippen LogP contribution in [0.2, 0.25) is 0 Å². The van der Waals surface area contributed by atoms with E-state index in [1.807, 2.05) is 5.43 Å². The molecule has 1 aromatic carbocycles. The molecule has 2 rings (SSSR count). The van der Waals surface area contributed by atoms with E-state index in [0.717, 1.165) is 12.3 Å². The Labute approximate surface area is 134 Å². The van der Waals surface area contributed by atoms with E-state index in [0.29, 0.717) is 5.76 Å². The second-order valence-electron chi connectivity index (χ2n) is 4.55. The van der Waals surface area contributed by atoms with Crippen LogP contribution in [0.15, 0.2) is 52.2 Å². The molecule has 0 unspecified atom stereocenters. The third kappa shape index (κ3) is 4.70. The van der Waals surface area contributed by atoms with Crippen LogP contribution in [0.5, 0.6) is 0 Å². The second-order valence-corrected chi connectivity index (χ2v) is 4.55. The maximum Gasteiger partial charge on any atom is 0.417 e. The molecule has 0 spiro atoms. The van der Waals surface area contributed by atoms with Crippen LogP contribution < -0.4 is 10.7 Å². The van der Waals surface area contributed by atoms with Gasteiger partial charge in [-0.05, 0) is 18.2 Å². The lowest BCUT2D eigenvalue weighted by Gasteiger charge is -2.09. The van der Waals surface area contributed by atoms with Gasteiger partial charge in [0.25, 0.3) is 0 Å². The summed E-state index contributed by atoms with van der Waals surface area (Å²) in [7, 11) is 0. The lowest BCUT2D eigenvalue weighted by atomic mass is 10.1. The summed E-state index contributed by atoms with van der Waals surface area (Å²) in [5.41, 5.74) is 0.727. The Kier molecular flexibility index (Phi) is 5.35. The van der Waals surface area contributed by atoms with Gasteiger partial charge in [0, 0.05) is 5.56 Å². The maximum atomic E-state index is 12.8. The lowest BCUT2D eigenvalue weighted by Crippen LogP contribution is -2.37. The molecule has 0 radical (unpaired) electrons. The van der Waals surface area contributed by atoms with E-state index in [9.17, 15) is 22.8 Å². The van der Waals surface area contributed by atoms with Crippen LogP contribution in [0.1, 0.15) is 16.9 Å². The van der Waals surface area contributed by atoms with Crippen molar-refractivity contribution < 1.29 is 27.2 Å². The number of hydrogen-bond donors (Lipinski definition) is 2. The molecule has 2 amide bonds. The standard InChI is InChI=1S/C15H12F3N3O3/c16-15(17,18)12-6-2-1-4-10(12)8-20-21-14(23)13(22)19-9-11-5-3-7-24-11/h1-8H,9H2,(H,19,22)(H,21,23)/b20-8+. The molecule has 2 N–H and O–H groups in total. The molecule has 9 heteroatoms. The van der Waals surface area contributed by atoms with E-state index in [1.54, 1.807) is 12.1 Å². The predicted molar refractivity (Wildman–Crippen MR) is 77.7 cm³/mol. The molecule has 0 bridgehead atoms. The summed E-state index contributed by atoms with van der Waals surface area (Å²) in [6.07, 6.45) is -2.32. The Morgan fingerprint density at radius 2 is 1.88 bits per heavy atom. The van der Waals surface area contributed by atoms with Crippen LogP contribution in [-0.4, -0.2) is 18.0 Å². The van der Waals surface area contributed by atoms with Crippen LogP contribution in [0.3, 0.4) is 0 Å². The summed E-state index contributed by atoms with van der Waals surface area (Å²) >= 11 is 0. The molecular formula is C15H12F3N3O3. The Morgan fingerprint density at radius 1 is 1.12 bits per heavy atom. The predicted octanol–water partition coefficient (Wildman–Crippen LogP) is 2.06. The zero-order chi connectivity index (χ0) is 17.6. The molecule has 0 aliphatic rings. The summed E-state index contributed by atoms with van der Waals surface area (Å²) < 4.78 is 43.3. The normalized spacial score (nSPS) is 11.5. The average molecular weight is 339 g/mol.